The molecule has 0 amide bonds. The van der Waals surface area contributed by atoms with E-state index in [1.54, 1.807) is 0 Å². The Bertz CT molecular complexity index is 314. The maximum atomic E-state index is 12.4. The molecule has 0 N–H and O–H groups in total. The van der Waals surface area contributed by atoms with Crippen LogP contribution in [0.1, 0.15) is 104 Å². The zero-order chi connectivity index (χ0) is 15.8. The lowest BCUT2D eigenvalue weighted by Gasteiger charge is -2.37. The van der Waals surface area contributed by atoms with Gasteiger partial charge in [0.2, 0.25) is 0 Å². The van der Waals surface area contributed by atoms with Crippen molar-refractivity contribution in [3.63, 3.8) is 0 Å². The summed E-state index contributed by atoms with van der Waals surface area (Å²) in [5.74, 6) is 3.64. The van der Waals surface area contributed by atoms with Gasteiger partial charge >= 0.3 is 0 Å². The van der Waals surface area contributed by atoms with Gasteiger partial charge in [-0.25, -0.2) is 0 Å². The first-order valence-electron chi connectivity index (χ1n) is 10.3. The molecule has 2 fully saturated rings. The van der Waals surface area contributed by atoms with E-state index in [0.717, 1.165) is 24.2 Å². The van der Waals surface area contributed by atoms with E-state index in [1.807, 2.05) is 0 Å². The molecule has 22 heavy (non-hydrogen) atoms. The van der Waals surface area contributed by atoms with Crippen molar-refractivity contribution in [1.82, 2.24) is 0 Å². The number of ketones is 1. The number of carbonyl (C=O) groups excluding carboxylic acids is 1. The number of carbonyl (C=O) groups is 1. The standard InChI is InChI=1S/C21H38O/c1-3-5-7-9-19-14-15-20(16-21(19)22)18-12-10-17(11-13-18)8-6-4-2/h17-20H,3-16H2,1-2H3/t17?,18?,19-,20-/m1/s1. The van der Waals surface area contributed by atoms with Gasteiger partial charge in [0.1, 0.15) is 5.78 Å². The first-order chi connectivity index (χ1) is 10.7. The fourth-order valence-corrected chi connectivity index (χ4v) is 4.89. The molecule has 0 aliphatic heterocycles. The molecule has 2 saturated carbocycles. The average molecular weight is 307 g/mol. The Balaban J connectivity index is 1.69. The SMILES string of the molecule is CCCCC[C@@H]1CC[C@@H](C2CCC(CCCC)CC2)CC1=O. The highest BCUT2D eigenvalue weighted by Gasteiger charge is 2.34. The van der Waals surface area contributed by atoms with Crippen LogP contribution < -0.4 is 0 Å². The smallest absolute Gasteiger partial charge is 0.136 e. The zero-order valence-electron chi connectivity index (χ0n) is 15.1. The molecule has 0 spiro atoms. The highest BCUT2D eigenvalue weighted by Crippen LogP contribution is 2.42. The van der Waals surface area contributed by atoms with Gasteiger partial charge in [-0.15, -0.1) is 0 Å². The van der Waals surface area contributed by atoms with E-state index in [4.69, 9.17) is 0 Å². The minimum Gasteiger partial charge on any atom is -0.299 e. The second-order valence-electron chi connectivity index (χ2n) is 8.12. The van der Waals surface area contributed by atoms with Gasteiger partial charge in [-0.2, -0.15) is 0 Å². The maximum Gasteiger partial charge on any atom is 0.136 e. The van der Waals surface area contributed by atoms with E-state index < -0.39 is 0 Å². The Morgan fingerprint density at radius 1 is 0.773 bits per heavy atom. The van der Waals surface area contributed by atoms with Crippen LogP contribution in [0.5, 0.6) is 0 Å². The minimum absolute atomic E-state index is 0.420. The summed E-state index contributed by atoms with van der Waals surface area (Å²) < 4.78 is 0. The van der Waals surface area contributed by atoms with Crippen LogP contribution in [0, 0.1) is 23.7 Å². The van der Waals surface area contributed by atoms with Crippen LogP contribution in [0.15, 0.2) is 0 Å². The molecule has 2 aliphatic rings. The van der Waals surface area contributed by atoms with Crippen LogP contribution in [0.4, 0.5) is 0 Å². The van der Waals surface area contributed by atoms with Gasteiger partial charge in [-0.1, -0.05) is 65.2 Å². The number of rotatable bonds is 8. The van der Waals surface area contributed by atoms with E-state index in [1.165, 1.54) is 83.5 Å². The highest BCUT2D eigenvalue weighted by molar-refractivity contribution is 5.81. The first-order valence-corrected chi connectivity index (χ1v) is 10.3. The first kappa shape index (κ1) is 18.0. The molecule has 0 aromatic carbocycles. The minimum atomic E-state index is 0.420. The molecule has 0 heterocycles. The van der Waals surface area contributed by atoms with Gasteiger partial charge < -0.3 is 0 Å². The van der Waals surface area contributed by atoms with Crippen molar-refractivity contribution in [1.29, 1.82) is 0 Å². The van der Waals surface area contributed by atoms with Crippen LogP contribution in [0.3, 0.4) is 0 Å². The summed E-state index contributed by atoms with van der Waals surface area (Å²) in [6.45, 7) is 4.55. The summed E-state index contributed by atoms with van der Waals surface area (Å²) in [5, 5.41) is 0. The quantitative estimate of drug-likeness (QED) is 0.465. The third kappa shape index (κ3) is 5.39. The van der Waals surface area contributed by atoms with E-state index in [9.17, 15) is 4.79 Å². The molecule has 0 radical (unpaired) electrons. The third-order valence-electron chi connectivity index (χ3n) is 6.48. The van der Waals surface area contributed by atoms with E-state index in [0.29, 0.717) is 11.7 Å². The van der Waals surface area contributed by atoms with E-state index in [2.05, 4.69) is 13.8 Å². The van der Waals surface area contributed by atoms with Gasteiger partial charge in [-0.05, 0) is 49.9 Å². The van der Waals surface area contributed by atoms with Crippen LogP contribution in [0.25, 0.3) is 0 Å². The van der Waals surface area contributed by atoms with Crippen LogP contribution >= 0.6 is 0 Å². The Morgan fingerprint density at radius 3 is 2.09 bits per heavy atom. The third-order valence-corrected chi connectivity index (χ3v) is 6.48. The molecule has 0 unspecified atom stereocenters. The van der Waals surface area contributed by atoms with Gasteiger partial charge in [0.25, 0.3) is 0 Å². The number of hydrogen-bond donors (Lipinski definition) is 0. The monoisotopic (exact) mass is 306 g/mol. The average Bonchev–Trinajstić information content (AvgIpc) is 2.55. The van der Waals surface area contributed by atoms with Crippen molar-refractivity contribution in [3.8, 4) is 0 Å². The normalized spacial score (nSPS) is 33.1. The van der Waals surface area contributed by atoms with Gasteiger partial charge in [-0.3, -0.25) is 4.79 Å². The largest absolute Gasteiger partial charge is 0.299 e. The Morgan fingerprint density at radius 2 is 1.45 bits per heavy atom. The predicted octanol–water partition coefficient (Wildman–Crippen LogP) is 6.55. The summed E-state index contributed by atoms with van der Waals surface area (Å²) in [5.41, 5.74) is 0. The molecule has 2 rings (SSSR count). The summed E-state index contributed by atoms with van der Waals surface area (Å²) in [7, 11) is 0. The highest BCUT2D eigenvalue weighted by atomic mass is 16.1. The zero-order valence-corrected chi connectivity index (χ0v) is 15.1. The molecular formula is C21H38O. The molecule has 2 aliphatic carbocycles. The molecule has 0 aromatic heterocycles. The lowest BCUT2D eigenvalue weighted by Crippen LogP contribution is -2.31. The number of hydrogen-bond acceptors (Lipinski definition) is 1. The van der Waals surface area contributed by atoms with Crippen molar-refractivity contribution in [2.75, 3.05) is 0 Å². The Hall–Kier alpha value is -0.330. The van der Waals surface area contributed by atoms with Gasteiger partial charge in [0.15, 0.2) is 0 Å². The van der Waals surface area contributed by atoms with Crippen LogP contribution in [0.2, 0.25) is 0 Å². The predicted molar refractivity (Wildman–Crippen MR) is 95.0 cm³/mol. The maximum absolute atomic E-state index is 12.4. The van der Waals surface area contributed by atoms with Gasteiger partial charge in [0, 0.05) is 12.3 Å². The molecular weight excluding hydrogens is 268 g/mol. The van der Waals surface area contributed by atoms with E-state index in [-0.39, 0.29) is 0 Å². The van der Waals surface area contributed by atoms with Crippen molar-refractivity contribution >= 4 is 5.78 Å². The molecule has 1 heteroatoms. The molecule has 128 valence electrons. The Kier molecular flexibility index (Phi) is 7.97. The van der Waals surface area contributed by atoms with Crippen LogP contribution in [-0.2, 0) is 4.79 Å². The lowest BCUT2D eigenvalue weighted by atomic mass is 9.68. The molecule has 0 bridgehead atoms. The Labute approximate surface area is 138 Å². The summed E-state index contributed by atoms with van der Waals surface area (Å²) in [6.07, 6.45) is 18.4. The summed E-state index contributed by atoms with van der Waals surface area (Å²) in [4.78, 5) is 12.4. The number of unbranched alkanes of at least 4 members (excludes halogenated alkanes) is 3. The molecule has 2 atom stereocenters. The fourth-order valence-electron chi connectivity index (χ4n) is 4.89. The fraction of sp³-hybridized carbons (Fsp3) is 0.952. The van der Waals surface area contributed by atoms with E-state index >= 15 is 0 Å². The lowest BCUT2D eigenvalue weighted by molar-refractivity contribution is -0.127. The van der Waals surface area contributed by atoms with Gasteiger partial charge in [0.05, 0.1) is 0 Å². The van der Waals surface area contributed by atoms with Crippen molar-refractivity contribution in [3.05, 3.63) is 0 Å². The molecule has 1 nitrogen and oxygen atoms in total. The second kappa shape index (κ2) is 9.73. The summed E-state index contributed by atoms with van der Waals surface area (Å²) in [6, 6.07) is 0. The molecule has 0 aromatic rings. The van der Waals surface area contributed by atoms with Crippen LogP contribution in [-0.4, -0.2) is 5.78 Å². The second-order valence-corrected chi connectivity index (χ2v) is 8.12. The number of Topliss-reactive ketones (excluding diaryl/α,β-unsaturated/α-hetero) is 1. The van der Waals surface area contributed by atoms with Crippen molar-refractivity contribution < 1.29 is 4.79 Å². The van der Waals surface area contributed by atoms with Crippen molar-refractivity contribution in [2.24, 2.45) is 23.7 Å². The van der Waals surface area contributed by atoms with Crippen molar-refractivity contribution in [2.45, 2.75) is 104 Å². The summed E-state index contributed by atoms with van der Waals surface area (Å²) >= 11 is 0. The molecule has 0 saturated heterocycles. The topological polar surface area (TPSA) is 17.1 Å².